The van der Waals surface area contributed by atoms with Crippen molar-refractivity contribution < 1.29 is 9.53 Å². The summed E-state index contributed by atoms with van der Waals surface area (Å²) in [6.07, 6.45) is 5.40. The van der Waals surface area contributed by atoms with Crippen LogP contribution < -0.4 is 0 Å². The van der Waals surface area contributed by atoms with E-state index in [4.69, 9.17) is 4.74 Å². The Kier molecular flexibility index (Phi) is 2.54. The lowest BCUT2D eigenvalue weighted by molar-refractivity contribution is 0.0759. The van der Waals surface area contributed by atoms with E-state index in [9.17, 15) is 4.79 Å². The number of carbonyl (C=O) groups is 1. The van der Waals surface area contributed by atoms with E-state index in [1.807, 2.05) is 6.92 Å². The molecule has 0 spiro atoms. The van der Waals surface area contributed by atoms with Gasteiger partial charge in [0.2, 0.25) is 0 Å². The van der Waals surface area contributed by atoms with E-state index >= 15 is 0 Å². The van der Waals surface area contributed by atoms with Gasteiger partial charge in [0, 0.05) is 19.0 Å². The van der Waals surface area contributed by atoms with Crippen molar-refractivity contribution in [2.45, 2.75) is 19.4 Å². The molecular weight excluding hydrogens is 180 g/mol. The minimum Gasteiger partial charge on any atom is -0.378 e. The van der Waals surface area contributed by atoms with Crippen molar-refractivity contribution in [3.8, 4) is 0 Å². The van der Waals surface area contributed by atoms with Crippen LogP contribution in [0.5, 0.6) is 0 Å². The molecule has 1 fully saturated rings. The maximum absolute atomic E-state index is 11.9. The predicted octanol–water partition coefficient (Wildman–Crippen LogP) is 1.08. The van der Waals surface area contributed by atoms with Gasteiger partial charge in [0.05, 0.1) is 18.2 Å². The molecule has 1 aromatic heterocycles. The average molecular weight is 192 g/mol. The Morgan fingerprint density at radius 2 is 2.43 bits per heavy atom. The summed E-state index contributed by atoms with van der Waals surface area (Å²) in [7, 11) is 0. The molecule has 2 heterocycles. The largest absolute Gasteiger partial charge is 0.378 e. The van der Waals surface area contributed by atoms with Crippen LogP contribution in [0.15, 0.2) is 18.6 Å². The van der Waals surface area contributed by atoms with E-state index in [1.165, 1.54) is 12.4 Å². The van der Waals surface area contributed by atoms with E-state index < -0.39 is 0 Å². The lowest BCUT2D eigenvalue weighted by Gasteiger charge is -2.11. The van der Waals surface area contributed by atoms with Crippen LogP contribution in [-0.2, 0) is 4.74 Å². The van der Waals surface area contributed by atoms with E-state index in [2.05, 4.69) is 9.97 Å². The summed E-state index contributed by atoms with van der Waals surface area (Å²) in [6, 6.07) is 0. The molecule has 0 bridgehead atoms. The van der Waals surface area contributed by atoms with Crippen molar-refractivity contribution in [2.24, 2.45) is 5.92 Å². The topological polar surface area (TPSA) is 52.1 Å². The second-order valence-electron chi connectivity index (χ2n) is 3.43. The Balaban J connectivity index is 2.16. The highest BCUT2D eigenvalue weighted by Gasteiger charge is 2.31. The normalized spacial score (nSPS) is 26.4. The molecular formula is C10H12N2O2. The molecule has 2 rings (SSSR count). The van der Waals surface area contributed by atoms with Crippen molar-refractivity contribution in [1.29, 1.82) is 0 Å². The average Bonchev–Trinajstić information content (AvgIpc) is 2.65. The van der Waals surface area contributed by atoms with Gasteiger partial charge in [-0.05, 0) is 13.3 Å². The Bertz CT molecular complexity index is 326. The third kappa shape index (κ3) is 1.65. The SMILES string of the molecule is CC1OCCC1C(=O)c1cnccn1. The number of ether oxygens (including phenoxy) is 1. The van der Waals surface area contributed by atoms with Gasteiger partial charge in [-0.2, -0.15) is 0 Å². The number of carbonyl (C=O) groups excluding carboxylic acids is 1. The molecule has 1 aromatic rings. The van der Waals surface area contributed by atoms with Crippen LogP contribution in [0.2, 0.25) is 0 Å². The van der Waals surface area contributed by atoms with Crippen molar-refractivity contribution in [1.82, 2.24) is 9.97 Å². The van der Waals surface area contributed by atoms with Crippen LogP contribution >= 0.6 is 0 Å². The number of aromatic nitrogens is 2. The minimum atomic E-state index is -0.0494. The van der Waals surface area contributed by atoms with Crippen LogP contribution in [0.4, 0.5) is 0 Å². The monoisotopic (exact) mass is 192 g/mol. The number of rotatable bonds is 2. The van der Waals surface area contributed by atoms with Gasteiger partial charge in [-0.25, -0.2) is 4.98 Å². The molecule has 0 aliphatic carbocycles. The molecule has 0 radical (unpaired) electrons. The molecule has 2 atom stereocenters. The zero-order chi connectivity index (χ0) is 9.97. The van der Waals surface area contributed by atoms with Gasteiger partial charge >= 0.3 is 0 Å². The van der Waals surface area contributed by atoms with E-state index in [0.29, 0.717) is 12.3 Å². The molecule has 74 valence electrons. The van der Waals surface area contributed by atoms with Crippen LogP contribution in [0.1, 0.15) is 23.8 Å². The van der Waals surface area contributed by atoms with Crippen LogP contribution in [0.3, 0.4) is 0 Å². The lowest BCUT2D eigenvalue weighted by atomic mass is 9.96. The molecule has 1 aliphatic heterocycles. The van der Waals surface area contributed by atoms with Crippen molar-refractivity contribution >= 4 is 5.78 Å². The first kappa shape index (κ1) is 9.27. The maximum Gasteiger partial charge on any atom is 0.188 e. The van der Waals surface area contributed by atoms with Gasteiger partial charge in [0.15, 0.2) is 5.78 Å². The maximum atomic E-state index is 11.9. The first-order chi connectivity index (χ1) is 6.79. The number of Topliss-reactive ketones (excluding diaryl/α,β-unsaturated/α-hetero) is 1. The summed E-state index contributed by atoms with van der Waals surface area (Å²) in [5, 5.41) is 0. The zero-order valence-electron chi connectivity index (χ0n) is 8.01. The van der Waals surface area contributed by atoms with Crippen LogP contribution in [-0.4, -0.2) is 28.5 Å². The first-order valence-electron chi connectivity index (χ1n) is 4.71. The third-order valence-corrected chi connectivity index (χ3v) is 2.53. The number of hydrogen-bond acceptors (Lipinski definition) is 4. The van der Waals surface area contributed by atoms with E-state index in [-0.39, 0.29) is 17.8 Å². The molecule has 0 N–H and O–H groups in total. The third-order valence-electron chi connectivity index (χ3n) is 2.53. The summed E-state index contributed by atoms with van der Waals surface area (Å²) in [6.45, 7) is 2.59. The van der Waals surface area contributed by atoms with Gasteiger partial charge in [-0.1, -0.05) is 0 Å². The zero-order valence-corrected chi connectivity index (χ0v) is 8.01. The summed E-state index contributed by atoms with van der Waals surface area (Å²) >= 11 is 0. The highest BCUT2D eigenvalue weighted by Crippen LogP contribution is 2.23. The van der Waals surface area contributed by atoms with Gasteiger partial charge in [0.1, 0.15) is 5.69 Å². The fourth-order valence-electron chi connectivity index (χ4n) is 1.69. The van der Waals surface area contributed by atoms with Crippen molar-refractivity contribution in [2.75, 3.05) is 6.61 Å². The lowest BCUT2D eigenvalue weighted by Crippen LogP contribution is -2.22. The smallest absolute Gasteiger partial charge is 0.188 e. The summed E-state index contributed by atoms with van der Waals surface area (Å²) in [5.41, 5.74) is 0.440. The molecule has 0 saturated carbocycles. The number of nitrogens with zero attached hydrogens (tertiary/aromatic N) is 2. The fraction of sp³-hybridized carbons (Fsp3) is 0.500. The highest BCUT2D eigenvalue weighted by molar-refractivity contribution is 5.96. The molecule has 0 aromatic carbocycles. The second kappa shape index (κ2) is 3.84. The summed E-state index contributed by atoms with van der Waals surface area (Å²) in [5.74, 6) is -0.00481. The number of ketones is 1. The molecule has 14 heavy (non-hydrogen) atoms. The fourth-order valence-corrected chi connectivity index (χ4v) is 1.69. The second-order valence-corrected chi connectivity index (χ2v) is 3.43. The molecule has 2 unspecified atom stereocenters. The first-order valence-corrected chi connectivity index (χ1v) is 4.71. The van der Waals surface area contributed by atoms with Gasteiger partial charge in [-0.15, -0.1) is 0 Å². The Morgan fingerprint density at radius 1 is 1.57 bits per heavy atom. The molecule has 0 amide bonds. The molecule has 4 nitrogen and oxygen atoms in total. The minimum absolute atomic E-state index is 0.00417. The quantitative estimate of drug-likeness (QED) is 0.658. The standard InChI is InChI=1S/C10H12N2O2/c1-7-8(2-5-14-7)10(13)9-6-11-3-4-12-9/h3-4,6-8H,2,5H2,1H3. The van der Waals surface area contributed by atoms with Gasteiger partial charge < -0.3 is 4.74 Å². The molecule has 4 heteroatoms. The molecule has 1 aliphatic rings. The van der Waals surface area contributed by atoms with Crippen LogP contribution in [0, 0.1) is 5.92 Å². The molecule has 1 saturated heterocycles. The van der Waals surface area contributed by atoms with E-state index in [1.54, 1.807) is 6.20 Å². The summed E-state index contributed by atoms with van der Waals surface area (Å²) < 4.78 is 5.34. The number of hydrogen-bond donors (Lipinski definition) is 0. The Morgan fingerprint density at radius 3 is 3.00 bits per heavy atom. The predicted molar refractivity (Wildman–Crippen MR) is 49.9 cm³/mol. The Labute approximate surface area is 82.3 Å². The van der Waals surface area contributed by atoms with Crippen molar-refractivity contribution in [3.63, 3.8) is 0 Å². The summed E-state index contributed by atoms with van der Waals surface area (Å²) in [4.78, 5) is 19.7. The van der Waals surface area contributed by atoms with E-state index in [0.717, 1.165) is 6.42 Å². The Hall–Kier alpha value is -1.29. The van der Waals surface area contributed by atoms with Crippen molar-refractivity contribution in [3.05, 3.63) is 24.3 Å². The van der Waals surface area contributed by atoms with Crippen LogP contribution in [0.25, 0.3) is 0 Å². The highest BCUT2D eigenvalue weighted by atomic mass is 16.5. The van der Waals surface area contributed by atoms with Gasteiger partial charge in [0.25, 0.3) is 0 Å². The van der Waals surface area contributed by atoms with Gasteiger partial charge in [-0.3, -0.25) is 9.78 Å².